The molecular formula is C18H20N4O2. The Morgan fingerprint density at radius 2 is 2.12 bits per heavy atom. The number of amides is 1. The largest absolute Gasteiger partial charge is 0.497 e. The fourth-order valence-electron chi connectivity index (χ4n) is 3.48. The lowest BCUT2D eigenvalue weighted by atomic mass is 9.94. The Labute approximate surface area is 140 Å². The second-order valence-electron chi connectivity index (χ2n) is 6.22. The van der Waals surface area contributed by atoms with Crippen LogP contribution < -0.4 is 15.6 Å². The molecule has 1 fully saturated rings. The smallest absolute Gasteiger partial charge is 0.256 e. The predicted molar refractivity (Wildman–Crippen MR) is 89.3 cm³/mol. The number of nitrogens with one attached hydrogen (secondary N) is 2. The first-order valence-electron chi connectivity index (χ1n) is 8.12. The molecule has 3 heterocycles. The number of nitrogens with zero attached hydrogens (tertiary/aromatic N) is 2. The van der Waals surface area contributed by atoms with E-state index in [9.17, 15) is 4.79 Å². The van der Waals surface area contributed by atoms with Gasteiger partial charge in [0.25, 0.3) is 5.91 Å². The molecule has 2 atom stereocenters. The molecule has 2 aromatic rings. The Morgan fingerprint density at radius 1 is 1.29 bits per heavy atom. The van der Waals surface area contributed by atoms with E-state index in [1.807, 2.05) is 29.2 Å². The van der Waals surface area contributed by atoms with E-state index in [1.165, 1.54) is 5.56 Å². The van der Waals surface area contributed by atoms with Gasteiger partial charge < -0.3 is 9.64 Å². The maximum Gasteiger partial charge on any atom is 0.256 e. The average molecular weight is 324 g/mol. The van der Waals surface area contributed by atoms with Crippen LogP contribution in [0, 0.1) is 5.92 Å². The van der Waals surface area contributed by atoms with E-state index in [1.54, 1.807) is 13.3 Å². The SMILES string of the molecule is COc1ccc(C2NNCC2CN2Cc3ncccc3C2=O)cc1. The standard InChI is InChI=1S/C18H20N4O2/c1-24-14-6-4-12(5-7-14)17-13(9-20-21-17)10-22-11-16-15(18(22)23)3-2-8-19-16/h2-8,13,17,20-21H,9-11H2,1H3. The second kappa shape index (κ2) is 6.22. The summed E-state index contributed by atoms with van der Waals surface area (Å²) in [6.07, 6.45) is 1.74. The number of rotatable bonds is 4. The zero-order valence-electron chi connectivity index (χ0n) is 13.5. The van der Waals surface area contributed by atoms with E-state index >= 15 is 0 Å². The Hall–Kier alpha value is -2.44. The van der Waals surface area contributed by atoms with Crippen LogP contribution in [0.1, 0.15) is 27.7 Å². The first-order valence-corrected chi connectivity index (χ1v) is 8.12. The van der Waals surface area contributed by atoms with Gasteiger partial charge in [0.15, 0.2) is 0 Å². The molecule has 4 rings (SSSR count). The predicted octanol–water partition coefficient (Wildman–Crippen LogP) is 1.51. The van der Waals surface area contributed by atoms with Crippen LogP contribution in [0.2, 0.25) is 0 Å². The molecule has 2 aliphatic rings. The molecule has 0 saturated carbocycles. The number of carbonyl (C=O) groups excluding carboxylic acids is 1. The minimum Gasteiger partial charge on any atom is -0.497 e. The number of fused-ring (bicyclic) bond motifs is 1. The van der Waals surface area contributed by atoms with Gasteiger partial charge in [-0.3, -0.25) is 15.2 Å². The van der Waals surface area contributed by atoms with Crippen molar-refractivity contribution >= 4 is 5.91 Å². The van der Waals surface area contributed by atoms with E-state index in [0.717, 1.165) is 23.6 Å². The molecule has 24 heavy (non-hydrogen) atoms. The molecule has 6 nitrogen and oxygen atoms in total. The number of carbonyl (C=O) groups is 1. The molecule has 124 valence electrons. The topological polar surface area (TPSA) is 66.5 Å². The number of ether oxygens (including phenoxy) is 1. The van der Waals surface area contributed by atoms with Gasteiger partial charge in [0.1, 0.15) is 5.75 Å². The van der Waals surface area contributed by atoms with Gasteiger partial charge in [0.05, 0.1) is 31.0 Å². The summed E-state index contributed by atoms with van der Waals surface area (Å²) in [6.45, 7) is 2.12. The third kappa shape index (κ3) is 2.64. The van der Waals surface area contributed by atoms with Gasteiger partial charge >= 0.3 is 0 Å². The van der Waals surface area contributed by atoms with Crippen molar-refractivity contribution < 1.29 is 9.53 Å². The number of pyridine rings is 1. The maximum absolute atomic E-state index is 12.5. The number of hydrazine groups is 1. The highest BCUT2D eigenvalue weighted by Gasteiger charge is 2.35. The Bertz CT molecular complexity index is 747. The number of hydrogen-bond acceptors (Lipinski definition) is 5. The third-order valence-electron chi connectivity index (χ3n) is 4.77. The summed E-state index contributed by atoms with van der Waals surface area (Å²) >= 11 is 0. The van der Waals surface area contributed by atoms with Crippen LogP contribution >= 0.6 is 0 Å². The molecule has 0 radical (unpaired) electrons. The van der Waals surface area contributed by atoms with Crippen LogP contribution in [0.25, 0.3) is 0 Å². The summed E-state index contributed by atoms with van der Waals surface area (Å²) in [7, 11) is 1.66. The molecular weight excluding hydrogens is 304 g/mol. The second-order valence-corrected chi connectivity index (χ2v) is 6.22. The minimum absolute atomic E-state index is 0.0819. The van der Waals surface area contributed by atoms with Crippen molar-refractivity contribution in [3.63, 3.8) is 0 Å². The van der Waals surface area contributed by atoms with Crippen LogP contribution in [0.15, 0.2) is 42.6 Å². The first kappa shape index (κ1) is 15.1. The summed E-state index contributed by atoms with van der Waals surface area (Å²) in [4.78, 5) is 18.8. The number of benzene rings is 1. The summed E-state index contributed by atoms with van der Waals surface area (Å²) in [6, 6.07) is 11.9. The van der Waals surface area contributed by atoms with Gasteiger partial charge in [-0.25, -0.2) is 5.43 Å². The quantitative estimate of drug-likeness (QED) is 0.892. The van der Waals surface area contributed by atoms with Crippen molar-refractivity contribution in [2.45, 2.75) is 12.6 Å². The molecule has 2 N–H and O–H groups in total. The zero-order valence-corrected chi connectivity index (χ0v) is 13.5. The van der Waals surface area contributed by atoms with E-state index in [0.29, 0.717) is 19.0 Å². The molecule has 2 unspecified atom stereocenters. The molecule has 1 aromatic heterocycles. The number of aromatic nitrogens is 1. The highest BCUT2D eigenvalue weighted by Crippen LogP contribution is 2.29. The lowest BCUT2D eigenvalue weighted by molar-refractivity contribution is 0.0750. The number of methoxy groups -OCH3 is 1. The van der Waals surface area contributed by atoms with Gasteiger partial charge in [-0.1, -0.05) is 12.1 Å². The molecule has 0 spiro atoms. The van der Waals surface area contributed by atoms with E-state index < -0.39 is 0 Å². The normalized spacial score (nSPS) is 22.7. The van der Waals surface area contributed by atoms with Crippen LogP contribution in [-0.4, -0.2) is 36.0 Å². The van der Waals surface area contributed by atoms with Crippen molar-refractivity contribution in [1.82, 2.24) is 20.7 Å². The van der Waals surface area contributed by atoms with Crippen molar-refractivity contribution in [1.29, 1.82) is 0 Å². The van der Waals surface area contributed by atoms with Crippen LogP contribution in [-0.2, 0) is 6.54 Å². The first-order chi connectivity index (χ1) is 11.8. The summed E-state index contributed by atoms with van der Waals surface area (Å²) in [5, 5.41) is 0. The third-order valence-corrected chi connectivity index (χ3v) is 4.77. The van der Waals surface area contributed by atoms with Gasteiger partial charge in [-0.15, -0.1) is 0 Å². The van der Waals surface area contributed by atoms with Crippen LogP contribution in [0.3, 0.4) is 0 Å². The van der Waals surface area contributed by atoms with Crippen molar-refractivity contribution in [2.24, 2.45) is 5.92 Å². The summed E-state index contributed by atoms with van der Waals surface area (Å²) < 4.78 is 5.22. The Kier molecular flexibility index (Phi) is 3.92. The van der Waals surface area contributed by atoms with E-state index in [2.05, 4.69) is 28.0 Å². The molecule has 0 bridgehead atoms. The van der Waals surface area contributed by atoms with Crippen molar-refractivity contribution in [3.05, 3.63) is 59.4 Å². The molecule has 0 aliphatic carbocycles. The van der Waals surface area contributed by atoms with Gasteiger partial charge in [-0.05, 0) is 29.8 Å². The lowest BCUT2D eigenvalue weighted by Gasteiger charge is -2.24. The summed E-state index contributed by atoms with van der Waals surface area (Å²) in [5.41, 5.74) is 9.35. The monoisotopic (exact) mass is 324 g/mol. The highest BCUT2D eigenvalue weighted by atomic mass is 16.5. The van der Waals surface area contributed by atoms with Crippen LogP contribution in [0.5, 0.6) is 5.75 Å². The van der Waals surface area contributed by atoms with Crippen molar-refractivity contribution in [3.8, 4) is 5.75 Å². The lowest BCUT2D eigenvalue weighted by Crippen LogP contribution is -2.33. The molecule has 1 saturated heterocycles. The fourth-order valence-corrected chi connectivity index (χ4v) is 3.48. The molecule has 1 amide bonds. The maximum atomic E-state index is 12.5. The molecule has 2 aliphatic heterocycles. The summed E-state index contributed by atoms with van der Waals surface area (Å²) in [5.74, 6) is 1.23. The van der Waals surface area contributed by atoms with Crippen molar-refractivity contribution in [2.75, 3.05) is 20.2 Å². The fraction of sp³-hybridized carbons (Fsp3) is 0.333. The number of hydrogen-bond donors (Lipinski definition) is 2. The zero-order chi connectivity index (χ0) is 16.5. The van der Waals surface area contributed by atoms with E-state index in [4.69, 9.17) is 4.74 Å². The average Bonchev–Trinajstić information content (AvgIpc) is 3.21. The van der Waals surface area contributed by atoms with Gasteiger partial charge in [0, 0.05) is 25.2 Å². The van der Waals surface area contributed by atoms with E-state index in [-0.39, 0.29) is 11.9 Å². The Balaban J connectivity index is 1.49. The minimum atomic E-state index is 0.0819. The van der Waals surface area contributed by atoms with Gasteiger partial charge in [0.2, 0.25) is 0 Å². The molecule has 6 heteroatoms. The van der Waals surface area contributed by atoms with Gasteiger partial charge in [-0.2, -0.15) is 0 Å². The highest BCUT2D eigenvalue weighted by molar-refractivity contribution is 5.97. The van der Waals surface area contributed by atoms with Crippen LogP contribution in [0.4, 0.5) is 0 Å². The Morgan fingerprint density at radius 3 is 2.88 bits per heavy atom. The molecule has 1 aromatic carbocycles.